The third-order valence-electron chi connectivity index (χ3n) is 4.82. The number of rotatable bonds is 5. The van der Waals surface area contributed by atoms with Crippen LogP contribution in [0.4, 0.5) is 22.0 Å². The molecule has 4 nitrogen and oxygen atoms in total. The van der Waals surface area contributed by atoms with Gasteiger partial charge in [-0.2, -0.15) is 13.2 Å². The molecule has 0 spiro atoms. The van der Waals surface area contributed by atoms with Crippen molar-refractivity contribution in [1.82, 2.24) is 10.3 Å². The van der Waals surface area contributed by atoms with Gasteiger partial charge in [-0.05, 0) is 48.7 Å². The fourth-order valence-corrected chi connectivity index (χ4v) is 3.13. The second kappa shape index (κ2) is 9.04. The summed E-state index contributed by atoms with van der Waals surface area (Å²) in [6, 6.07) is 9.93. The van der Waals surface area contributed by atoms with Crippen LogP contribution in [-0.4, -0.2) is 22.2 Å². The van der Waals surface area contributed by atoms with Gasteiger partial charge in [-0.1, -0.05) is 29.8 Å². The second-order valence-electron chi connectivity index (χ2n) is 7.37. The molecule has 3 aromatic rings. The molecule has 1 amide bonds. The first-order valence-electron chi connectivity index (χ1n) is 9.54. The first kappa shape index (κ1) is 23.3. The Balaban J connectivity index is 1.99. The van der Waals surface area contributed by atoms with Crippen LogP contribution < -0.4 is 5.32 Å². The number of aryl methyl sites for hydroxylation is 1. The average molecular weight is 450 g/mol. The molecule has 0 bridgehead atoms. The van der Waals surface area contributed by atoms with Gasteiger partial charge in [0.15, 0.2) is 6.10 Å². The monoisotopic (exact) mass is 450 g/mol. The molecular weight excluding hydrogens is 431 g/mol. The lowest BCUT2D eigenvalue weighted by Crippen LogP contribution is -2.28. The van der Waals surface area contributed by atoms with Crippen molar-refractivity contribution < 1.29 is 31.9 Å². The van der Waals surface area contributed by atoms with Gasteiger partial charge in [0.1, 0.15) is 11.6 Å². The van der Waals surface area contributed by atoms with Crippen LogP contribution in [0.3, 0.4) is 0 Å². The van der Waals surface area contributed by atoms with Crippen LogP contribution in [0.15, 0.2) is 54.7 Å². The van der Waals surface area contributed by atoms with Crippen molar-refractivity contribution in [3.05, 3.63) is 88.7 Å². The van der Waals surface area contributed by atoms with Crippen LogP contribution in [0.1, 0.15) is 46.2 Å². The number of benzene rings is 2. The predicted octanol–water partition coefficient (Wildman–Crippen LogP) is 5.42. The quantitative estimate of drug-likeness (QED) is 0.510. The summed E-state index contributed by atoms with van der Waals surface area (Å²) in [5.41, 5.74) is 0.843. The van der Waals surface area contributed by atoms with E-state index in [1.165, 1.54) is 13.0 Å². The summed E-state index contributed by atoms with van der Waals surface area (Å²) in [5.74, 6) is -2.67. The third-order valence-corrected chi connectivity index (χ3v) is 4.82. The number of nitrogens with one attached hydrogen (secondary N) is 1. The molecule has 9 heteroatoms. The van der Waals surface area contributed by atoms with Gasteiger partial charge in [0.25, 0.3) is 5.91 Å². The van der Waals surface area contributed by atoms with Gasteiger partial charge in [-0.15, -0.1) is 0 Å². The molecule has 0 aliphatic rings. The number of pyridine rings is 1. The SMILES string of the molecule is Cc1ccc(-c2cc(C(=O)N[C@H](C)c3ncc(F)cc3F)cc(C(O)C(F)(F)F)c2)cc1. The first-order valence-corrected chi connectivity index (χ1v) is 9.54. The molecule has 1 heterocycles. The van der Waals surface area contributed by atoms with Crippen LogP contribution in [0.5, 0.6) is 0 Å². The van der Waals surface area contributed by atoms with E-state index in [1.54, 1.807) is 24.3 Å². The summed E-state index contributed by atoms with van der Waals surface area (Å²) < 4.78 is 66.4. The molecule has 0 radical (unpaired) electrons. The summed E-state index contributed by atoms with van der Waals surface area (Å²) in [6.45, 7) is 3.24. The van der Waals surface area contributed by atoms with Gasteiger partial charge in [0.2, 0.25) is 0 Å². The van der Waals surface area contributed by atoms with E-state index in [0.717, 1.165) is 23.9 Å². The fourth-order valence-electron chi connectivity index (χ4n) is 3.13. The maximum atomic E-state index is 14.0. The van der Waals surface area contributed by atoms with Crippen molar-refractivity contribution in [3.63, 3.8) is 0 Å². The van der Waals surface area contributed by atoms with Gasteiger partial charge in [-0.25, -0.2) is 8.78 Å². The number of aromatic nitrogens is 1. The number of carbonyl (C=O) groups excluding carboxylic acids is 1. The van der Waals surface area contributed by atoms with Gasteiger partial charge >= 0.3 is 6.18 Å². The number of aliphatic hydroxyl groups excluding tert-OH is 1. The normalized spacial score (nSPS) is 13.5. The molecule has 0 saturated heterocycles. The van der Waals surface area contributed by atoms with E-state index in [0.29, 0.717) is 11.6 Å². The predicted molar refractivity (Wildman–Crippen MR) is 108 cm³/mol. The van der Waals surface area contributed by atoms with E-state index in [9.17, 15) is 31.9 Å². The van der Waals surface area contributed by atoms with E-state index < -0.39 is 41.4 Å². The Morgan fingerprint density at radius 2 is 1.69 bits per heavy atom. The smallest absolute Gasteiger partial charge is 0.379 e. The average Bonchev–Trinajstić information content (AvgIpc) is 2.72. The minimum absolute atomic E-state index is 0.171. The van der Waals surface area contributed by atoms with Gasteiger partial charge in [0, 0.05) is 11.6 Å². The summed E-state index contributed by atoms with van der Waals surface area (Å²) in [4.78, 5) is 16.4. The van der Waals surface area contributed by atoms with Gasteiger partial charge in [-0.3, -0.25) is 9.78 Å². The van der Waals surface area contributed by atoms with Crippen molar-refractivity contribution in [1.29, 1.82) is 0 Å². The van der Waals surface area contributed by atoms with Crippen LogP contribution in [0.2, 0.25) is 0 Å². The molecule has 3 rings (SSSR count). The van der Waals surface area contributed by atoms with Crippen LogP contribution >= 0.6 is 0 Å². The van der Waals surface area contributed by atoms with E-state index >= 15 is 0 Å². The number of hydrogen-bond acceptors (Lipinski definition) is 3. The zero-order valence-corrected chi connectivity index (χ0v) is 17.0. The fraction of sp³-hybridized carbons (Fsp3) is 0.217. The molecule has 0 aliphatic heterocycles. The highest BCUT2D eigenvalue weighted by Gasteiger charge is 2.39. The Morgan fingerprint density at radius 1 is 1.03 bits per heavy atom. The molecule has 1 unspecified atom stereocenters. The molecular formula is C23H19F5N2O2. The molecule has 2 aromatic carbocycles. The maximum absolute atomic E-state index is 14.0. The highest BCUT2D eigenvalue weighted by molar-refractivity contribution is 5.96. The summed E-state index contributed by atoms with van der Waals surface area (Å²) in [6.07, 6.45) is -6.95. The Morgan fingerprint density at radius 3 is 2.28 bits per heavy atom. The topological polar surface area (TPSA) is 62.2 Å². The third kappa shape index (κ3) is 5.28. The van der Waals surface area contributed by atoms with Crippen molar-refractivity contribution in [2.24, 2.45) is 0 Å². The largest absolute Gasteiger partial charge is 0.418 e. The number of hydrogen-bond donors (Lipinski definition) is 2. The molecule has 0 aliphatic carbocycles. The maximum Gasteiger partial charge on any atom is 0.418 e. The Labute approximate surface area is 180 Å². The number of halogens is 5. The zero-order chi connectivity index (χ0) is 23.6. The van der Waals surface area contributed by atoms with Crippen LogP contribution in [-0.2, 0) is 0 Å². The van der Waals surface area contributed by atoms with Crippen molar-refractivity contribution in [3.8, 4) is 11.1 Å². The highest BCUT2D eigenvalue weighted by atomic mass is 19.4. The molecule has 168 valence electrons. The Hall–Kier alpha value is -3.33. The number of amides is 1. The van der Waals surface area contributed by atoms with E-state index in [-0.39, 0.29) is 16.8 Å². The lowest BCUT2D eigenvalue weighted by Gasteiger charge is -2.19. The van der Waals surface area contributed by atoms with Gasteiger partial charge < -0.3 is 10.4 Å². The number of carbonyl (C=O) groups is 1. The minimum atomic E-state index is -4.94. The van der Waals surface area contributed by atoms with E-state index in [1.807, 2.05) is 6.92 Å². The lowest BCUT2D eigenvalue weighted by molar-refractivity contribution is -0.206. The number of aliphatic hydroxyl groups is 1. The van der Waals surface area contributed by atoms with E-state index in [4.69, 9.17) is 0 Å². The number of nitrogens with zero attached hydrogens (tertiary/aromatic N) is 1. The zero-order valence-electron chi connectivity index (χ0n) is 17.0. The van der Waals surface area contributed by atoms with E-state index in [2.05, 4.69) is 10.3 Å². The van der Waals surface area contributed by atoms with Crippen LogP contribution in [0, 0.1) is 18.6 Å². The minimum Gasteiger partial charge on any atom is -0.379 e. The molecule has 32 heavy (non-hydrogen) atoms. The highest BCUT2D eigenvalue weighted by Crippen LogP contribution is 2.35. The lowest BCUT2D eigenvalue weighted by atomic mass is 9.96. The first-order chi connectivity index (χ1) is 15.0. The van der Waals surface area contributed by atoms with Crippen molar-refractivity contribution >= 4 is 5.91 Å². The molecule has 1 aromatic heterocycles. The van der Waals surface area contributed by atoms with Crippen molar-refractivity contribution in [2.75, 3.05) is 0 Å². The summed E-state index contributed by atoms with van der Waals surface area (Å²) >= 11 is 0. The standard InChI is InChI=1S/C23H19F5N2O2/c1-12-3-5-14(6-4-12)15-7-16(21(31)23(26,27)28)9-17(8-15)22(32)30-13(2)20-19(25)10-18(24)11-29-20/h3-11,13,21,31H,1-2H3,(H,30,32)/t13-,21?/m1/s1. The Bertz CT molecular complexity index is 1130. The van der Waals surface area contributed by atoms with Crippen molar-refractivity contribution in [2.45, 2.75) is 32.2 Å². The summed E-state index contributed by atoms with van der Waals surface area (Å²) in [7, 11) is 0. The Kier molecular flexibility index (Phi) is 6.59. The van der Waals surface area contributed by atoms with Crippen LogP contribution in [0.25, 0.3) is 11.1 Å². The molecule has 0 saturated carbocycles. The van der Waals surface area contributed by atoms with Gasteiger partial charge in [0.05, 0.1) is 17.9 Å². The number of alkyl halides is 3. The summed E-state index contributed by atoms with van der Waals surface area (Å²) in [5, 5.41) is 12.2. The second-order valence-corrected chi connectivity index (χ2v) is 7.37. The molecule has 0 fully saturated rings. The molecule has 2 atom stereocenters. The molecule has 2 N–H and O–H groups in total.